The minimum Gasteiger partial charge on any atom is -0.359 e. The number of aromatic nitrogens is 1. The molecular formula is C12H17N3S. The molecule has 0 saturated carbocycles. The van der Waals surface area contributed by atoms with Gasteiger partial charge in [-0.05, 0) is 18.1 Å². The quantitative estimate of drug-likeness (QED) is 0.873. The molecule has 0 radical (unpaired) electrons. The minimum absolute atomic E-state index is 0.631. The number of pyridine rings is 1. The van der Waals surface area contributed by atoms with Gasteiger partial charge in [0.2, 0.25) is 0 Å². The average Bonchev–Trinajstić information content (AvgIpc) is 2.76. The van der Waals surface area contributed by atoms with Gasteiger partial charge < -0.3 is 5.32 Å². The van der Waals surface area contributed by atoms with Gasteiger partial charge >= 0.3 is 0 Å². The van der Waals surface area contributed by atoms with E-state index in [0.717, 1.165) is 24.0 Å². The Morgan fingerprint density at radius 3 is 3.00 bits per heavy atom. The van der Waals surface area contributed by atoms with Gasteiger partial charge in [0.25, 0.3) is 0 Å². The third-order valence-corrected chi connectivity index (χ3v) is 4.06. The lowest BCUT2D eigenvalue weighted by molar-refractivity contribution is 0.621. The molecule has 2 heterocycles. The molecule has 16 heavy (non-hydrogen) atoms. The second kappa shape index (κ2) is 5.34. The molecule has 2 rings (SSSR count). The molecule has 0 amide bonds. The van der Waals surface area contributed by atoms with Gasteiger partial charge in [-0.25, -0.2) is 0 Å². The van der Waals surface area contributed by atoms with Crippen LogP contribution in [0.4, 0.5) is 0 Å². The van der Waals surface area contributed by atoms with Gasteiger partial charge in [-0.1, -0.05) is 31.7 Å². The number of rotatable bonds is 3. The maximum absolute atomic E-state index is 4.49. The first-order valence-electron chi connectivity index (χ1n) is 5.60. The Labute approximate surface area is 101 Å². The van der Waals surface area contributed by atoms with E-state index in [1.807, 2.05) is 36.2 Å². The number of hydrogen-bond acceptors (Lipinski definition) is 4. The second-order valence-corrected chi connectivity index (χ2v) is 5.45. The van der Waals surface area contributed by atoms with E-state index in [-0.39, 0.29) is 0 Å². The summed E-state index contributed by atoms with van der Waals surface area (Å²) >= 11 is 1.85. The van der Waals surface area contributed by atoms with E-state index in [0.29, 0.717) is 11.2 Å². The van der Waals surface area contributed by atoms with E-state index >= 15 is 0 Å². The molecule has 4 heteroatoms. The Hall–Kier alpha value is -1.03. The summed E-state index contributed by atoms with van der Waals surface area (Å²) in [5.74, 6) is 0.683. The summed E-state index contributed by atoms with van der Waals surface area (Å²) in [7, 11) is 0. The van der Waals surface area contributed by atoms with Crippen molar-refractivity contribution in [3.8, 4) is 0 Å². The highest BCUT2D eigenvalue weighted by molar-refractivity contribution is 8.14. The molecule has 1 atom stereocenters. The number of nitrogens with one attached hydrogen (secondary N) is 1. The normalized spacial score (nSPS) is 19.9. The van der Waals surface area contributed by atoms with Gasteiger partial charge in [-0.2, -0.15) is 0 Å². The zero-order chi connectivity index (χ0) is 11.4. The number of hydrogen-bond donors (Lipinski definition) is 1. The van der Waals surface area contributed by atoms with Crippen molar-refractivity contribution in [3.05, 3.63) is 30.1 Å². The van der Waals surface area contributed by atoms with Crippen molar-refractivity contribution in [1.82, 2.24) is 10.3 Å². The van der Waals surface area contributed by atoms with Gasteiger partial charge in [0.1, 0.15) is 0 Å². The summed E-state index contributed by atoms with van der Waals surface area (Å²) in [5.41, 5.74) is 1.05. The molecule has 1 aromatic rings. The van der Waals surface area contributed by atoms with E-state index in [9.17, 15) is 0 Å². The molecule has 1 N–H and O–H groups in total. The zero-order valence-electron chi connectivity index (χ0n) is 9.68. The molecule has 0 spiro atoms. The number of aliphatic imine (C=N–C) groups is 1. The van der Waals surface area contributed by atoms with E-state index < -0.39 is 0 Å². The fourth-order valence-corrected chi connectivity index (χ4v) is 2.52. The van der Waals surface area contributed by atoms with Crippen LogP contribution in [0.25, 0.3) is 0 Å². The van der Waals surface area contributed by atoms with Gasteiger partial charge in [-0.15, -0.1) is 0 Å². The highest BCUT2D eigenvalue weighted by atomic mass is 32.2. The summed E-state index contributed by atoms with van der Waals surface area (Å²) in [4.78, 5) is 8.76. The molecule has 1 aliphatic heterocycles. The van der Waals surface area contributed by atoms with Gasteiger partial charge in [-0.3, -0.25) is 9.98 Å². The van der Waals surface area contributed by atoms with Crippen LogP contribution in [0.1, 0.15) is 19.5 Å². The van der Waals surface area contributed by atoms with Gasteiger partial charge in [0, 0.05) is 11.4 Å². The SMILES string of the molecule is CC(C)C1CN=C(NCc2ccccn2)S1. The van der Waals surface area contributed by atoms with Crippen LogP contribution in [0.3, 0.4) is 0 Å². The van der Waals surface area contributed by atoms with Crippen molar-refractivity contribution >= 4 is 16.9 Å². The molecule has 0 aliphatic carbocycles. The lowest BCUT2D eigenvalue weighted by atomic mass is 10.1. The maximum atomic E-state index is 4.49. The first kappa shape index (κ1) is 11.5. The predicted octanol–water partition coefficient (Wildman–Crippen LogP) is 2.30. The minimum atomic E-state index is 0.631. The molecule has 3 nitrogen and oxygen atoms in total. The van der Waals surface area contributed by atoms with Crippen molar-refractivity contribution in [1.29, 1.82) is 0 Å². The topological polar surface area (TPSA) is 37.3 Å². The summed E-state index contributed by atoms with van der Waals surface area (Å²) in [6.45, 7) is 6.19. The van der Waals surface area contributed by atoms with Crippen LogP contribution in [0.5, 0.6) is 0 Å². The first-order valence-corrected chi connectivity index (χ1v) is 6.48. The molecule has 0 aromatic carbocycles. The van der Waals surface area contributed by atoms with Crippen LogP contribution in [0.15, 0.2) is 29.4 Å². The summed E-state index contributed by atoms with van der Waals surface area (Å²) in [5, 5.41) is 5.02. The zero-order valence-corrected chi connectivity index (χ0v) is 10.5. The van der Waals surface area contributed by atoms with E-state index in [4.69, 9.17) is 0 Å². The molecule has 0 fully saturated rings. The number of nitrogens with zero attached hydrogens (tertiary/aromatic N) is 2. The lowest BCUT2D eigenvalue weighted by Crippen LogP contribution is -2.20. The largest absolute Gasteiger partial charge is 0.359 e. The van der Waals surface area contributed by atoms with Crippen LogP contribution < -0.4 is 5.32 Å². The van der Waals surface area contributed by atoms with Crippen molar-refractivity contribution in [2.75, 3.05) is 6.54 Å². The van der Waals surface area contributed by atoms with Crippen LogP contribution in [0.2, 0.25) is 0 Å². The van der Waals surface area contributed by atoms with Crippen molar-refractivity contribution in [2.24, 2.45) is 10.9 Å². The highest BCUT2D eigenvalue weighted by Crippen LogP contribution is 2.25. The molecule has 1 aliphatic rings. The van der Waals surface area contributed by atoms with Crippen LogP contribution in [0, 0.1) is 5.92 Å². The smallest absolute Gasteiger partial charge is 0.157 e. The standard InChI is InChI=1S/C12H17N3S/c1-9(2)11-8-15-12(16-11)14-7-10-5-3-4-6-13-10/h3-6,9,11H,7-8H2,1-2H3,(H,14,15). The van der Waals surface area contributed by atoms with Gasteiger partial charge in [0.15, 0.2) is 5.17 Å². The Morgan fingerprint density at radius 2 is 2.38 bits per heavy atom. The van der Waals surface area contributed by atoms with Crippen LogP contribution in [-0.4, -0.2) is 21.9 Å². The Balaban J connectivity index is 1.80. The van der Waals surface area contributed by atoms with E-state index in [1.165, 1.54) is 0 Å². The number of thioether (sulfide) groups is 1. The second-order valence-electron chi connectivity index (χ2n) is 4.22. The fourth-order valence-electron chi connectivity index (χ4n) is 1.50. The van der Waals surface area contributed by atoms with Gasteiger partial charge in [0.05, 0.1) is 18.8 Å². The van der Waals surface area contributed by atoms with E-state index in [2.05, 4.69) is 29.1 Å². The third kappa shape index (κ3) is 2.98. The van der Waals surface area contributed by atoms with E-state index in [1.54, 1.807) is 0 Å². The molecule has 0 saturated heterocycles. The Bertz CT molecular complexity index is 362. The molecule has 0 bridgehead atoms. The summed E-state index contributed by atoms with van der Waals surface area (Å²) in [6, 6.07) is 5.96. The molecule has 1 aromatic heterocycles. The fraction of sp³-hybridized carbons (Fsp3) is 0.500. The average molecular weight is 235 g/mol. The monoisotopic (exact) mass is 235 g/mol. The molecule has 1 unspecified atom stereocenters. The third-order valence-electron chi connectivity index (χ3n) is 2.57. The summed E-state index contributed by atoms with van der Waals surface area (Å²) < 4.78 is 0. The van der Waals surface area contributed by atoms with Crippen molar-refractivity contribution in [3.63, 3.8) is 0 Å². The Kier molecular flexibility index (Phi) is 3.83. The predicted molar refractivity (Wildman–Crippen MR) is 69.6 cm³/mol. The van der Waals surface area contributed by atoms with Crippen molar-refractivity contribution < 1.29 is 0 Å². The molecule has 86 valence electrons. The van der Waals surface area contributed by atoms with Crippen LogP contribution >= 0.6 is 11.8 Å². The number of amidine groups is 1. The highest BCUT2D eigenvalue weighted by Gasteiger charge is 2.22. The lowest BCUT2D eigenvalue weighted by Gasteiger charge is -2.11. The Morgan fingerprint density at radius 1 is 1.50 bits per heavy atom. The maximum Gasteiger partial charge on any atom is 0.157 e. The van der Waals surface area contributed by atoms with Crippen molar-refractivity contribution in [2.45, 2.75) is 25.6 Å². The van der Waals surface area contributed by atoms with Crippen LogP contribution in [-0.2, 0) is 6.54 Å². The first-order chi connectivity index (χ1) is 7.75. The molecular weight excluding hydrogens is 218 g/mol. The summed E-state index contributed by atoms with van der Waals surface area (Å²) in [6.07, 6.45) is 1.82.